The quantitative estimate of drug-likeness (QED) is 0.908. The topological polar surface area (TPSA) is 64.0 Å². The van der Waals surface area contributed by atoms with Crippen LogP contribution < -0.4 is 10.9 Å². The highest BCUT2D eigenvalue weighted by Crippen LogP contribution is 2.32. The minimum atomic E-state index is 0.0267. The van der Waals surface area contributed by atoms with Crippen molar-refractivity contribution in [3.63, 3.8) is 0 Å². The Balaban J connectivity index is 1.50. The molecule has 5 nitrogen and oxygen atoms in total. The molecule has 1 amide bonds. The van der Waals surface area contributed by atoms with E-state index in [2.05, 4.69) is 10.3 Å². The summed E-state index contributed by atoms with van der Waals surface area (Å²) >= 11 is 0. The van der Waals surface area contributed by atoms with Crippen molar-refractivity contribution in [1.29, 1.82) is 0 Å². The van der Waals surface area contributed by atoms with Crippen molar-refractivity contribution in [2.24, 2.45) is 5.92 Å². The third-order valence-electron chi connectivity index (χ3n) is 5.19. The maximum Gasteiger partial charge on any atom is 0.251 e. The van der Waals surface area contributed by atoms with Gasteiger partial charge in [0.25, 0.3) is 5.56 Å². The molecule has 4 rings (SSSR count). The van der Waals surface area contributed by atoms with E-state index in [-0.39, 0.29) is 17.5 Å². The molecule has 0 bridgehead atoms. The van der Waals surface area contributed by atoms with Crippen molar-refractivity contribution < 1.29 is 4.79 Å². The number of carbonyl (C=O) groups is 1. The zero-order valence-corrected chi connectivity index (χ0v) is 14.3. The Labute approximate surface area is 147 Å². The number of fused-ring (bicyclic) bond motifs is 1. The summed E-state index contributed by atoms with van der Waals surface area (Å²) in [6.07, 6.45) is 9.11. The van der Waals surface area contributed by atoms with Gasteiger partial charge < -0.3 is 9.88 Å². The molecule has 2 aliphatic rings. The first kappa shape index (κ1) is 16.1. The second-order valence-electron chi connectivity index (χ2n) is 7.25. The standard InChI is InChI=1S/C20H23N3O2/c24-19(10-14-3-4-14)22-17-6-7-18-16(11-17)5-8-20(25)23(18)13-15-2-1-9-21-12-15/h1-2,5,8-9,12,14,17H,3-4,6-7,10-11,13H2,(H,22,24)/t17-/m0/s1. The van der Waals surface area contributed by atoms with E-state index in [9.17, 15) is 9.59 Å². The molecule has 0 aromatic carbocycles. The van der Waals surface area contributed by atoms with Crippen molar-refractivity contribution in [2.75, 3.05) is 0 Å². The Kier molecular flexibility index (Phi) is 4.38. The second kappa shape index (κ2) is 6.82. The van der Waals surface area contributed by atoms with Crippen LogP contribution in [-0.2, 0) is 24.2 Å². The summed E-state index contributed by atoms with van der Waals surface area (Å²) in [4.78, 5) is 28.6. The zero-order chi connectivity index (χ0) is 17.2. The lowest BCUT2D eigenvalue weighted by Crippen LogP contribution is -2.40. The van der Waals surface area contributed by atoms with E-state index in [1.165, 1.54) is 18.4 Å². The van der Waals surface area contributed by atoms with Gasteiger partial charge in [-0.2, -0.15) is 0 Å². The minimum Gasteiger partial charge on any atom is -0.353 e. The second-order valence-corrected chi connectivity index (χ2v) is 7.25. The lowest BCUT2D eigenvalue weighted by atomic mass is 9.91. The predicted octanol–water partition coefficient (Wildman–Crippen LogP) is 2.07. The van der Waals surface area contributed by atoms with Gasteiger partial charge in [-0.3, -0.25) is 14.6 Å². The van der Waals surface area contributed by atoms with E-state index in [4.69, 9.17) is 0 Å². The summed E-state index contributed by atoms with van der Waals surface area (Å²) in [5.41, 5.74) is 3.33. The van der Waals surface area contributed by atoms with Gasteiger partial charge in [-0.15, -0.1) is 0 Å². The number of hydrogen-bond donors (Lipinski definition) is 1. The van der Waals surface area contributed by atoms with Gasteiger partial charge in [-0.25, -0.2) is 0 Å². The zero-order valence-electron chi connectivity index (χ0n) is 14.3. The fourth-order valence-corrected chi connectivity index (χ4v) is 3.67. The fourth-order valence-electron chi connectivity index (χ4n) is 3.67. The number of nitrogens with one attached hydrogen (secondary N) is 1. The first-order chi connectivity index (χ1) is 12.2. The molecule has 2 aromatic rings. The van der Waals surface area contributed by atoms with Crippen molar-refractivity contribution >= 4 is 5.91 Å². The Morgan fingerprint density at radius 3 is 2.88 bits per heavy atom. The maximum atomic E-state index is 12.4. The molecule has 0 spiro atoms. The van der Waals surface area contributed by atoms with Crippen LogP contribution in [0.15, 0.2) is 41.5 Å². The highest BCUT2D eigenvalue weighted by Gasteiger charge is 2.27. The predicted molar refractivity (Wildman–Crippen MR) is 95.3 cm³/mol. The molecule has 0 radical (unpaired) electrons. The third-order valence-corrected chi connectivity index (χ3v) is 5.19. The monoisotopic (exact) mass is 337 g/mol. The van der Waals surface area contributed by atoms with E-state index in [1.807, 2.05) is 22.8 Å². The van der Waals surface area contributed by atoms with Gasteiger partial charge in [0.15, 0.2) is 0 Å². The van der Waals surface area contributed by atoms with Gasteiger partial charge in [0.2, 0.25) is 5.91 Å². The van der Waals surface area contributed by atoms with Crippen LogP contribution in [0.2, 0.25) is 0 Å². The van der Waals surface area contributed by atoms with E-state index in [1.54, 1.807) is 18.5 Å². The van der Waals surface area contributed by atoms with Crippen LogP contribution in [0.4, 0.5) is 0 Å². The molecule has 1 saturated carbocycles. The molecule has 2 aromatic heterocycles. The lowest BCUT2D eigenvalue weighted by molar-refractivity contribution is -0.122. The van der Waals surface area contributed by atoms with Crippen LogP contribution in [-0.4, -0.2) is 21.5 Å². The molecule has 0 saturated heterocycles. The smallest absolute Gasteiger partial charge is 0.251 e. The van der Waals surface area contributed by atoms with Crippen molar-refractivity contribution in [1.82, 2.24) is 14.9 Å². The summed E-state index contributed by atoms with van der Waals surface area (Å²) in [5, 5.41) is 3.18. The third kappa shape index (κ3) is 3.81. The van der Waals surface area contributed by atoms with E-state index >= 15 is 0 Å². The Morgan fingerprint density at radius 1 is 1.24 bits per heavy atom. The summed E-state index contributed by atoms with van der Waals surface area (Å²) in [6, 6.07) is 7.63. The Hall–Kier alpha value is -2.43. The SMILES string of the molecule is O=C(CC1CC1)N[C@H]1CCc2c(ccc(=O)n2Cc2cccnc2)C1. The number of nitrogens with zero attached hydrogens (tertiary/aromatic N) is 2. The maximum absolute atomic E-state index is 12.4. The molecule has 1 fully saturated rings. The van der Waals surface area contributed by atoms with Gasteiger partial charge in [0, 0.05) is 36.6 Å². The molecule has 0 unspecified atom stereocenters. The molecule has 1 atom stereocenters. The summed E-state index contributed by atoms with van der Waals surface area (Å²) in [7, 11) is 0. The van der Waals surface area contributed by atoms with Crippen LogP contribution in [0.5, 0.6) is 0 Å². The van der Waals surface area contributed by atoms with Crippen LogP contribution in [0, 0.1) is 5.92 Å². The molecule has 1 N–H and O–H groups in total. The Bertz CT molecular complexity index is 825. The average Bonchev–Trinajstić information content (AvgIpc) is 3.42. The minimum absolute atomic E-state index is 0.0267. The molecular formula is C20H23N3O2. The van der Waals surface area contributed by atoms with E-state index < -0.39 is 0 Å². The van der Waals surface area contributed by atoms with E-state index in [0.29, 0.717) is 18.9 Å². The van der Waals surface area contributed by atoms with Gasteiger partial charge >= 0.3 is 0 Å². The summed E-state index contributed by atoms with van der Waals surface area (Å²) in [6.45, 7) is 0.550. The molecule has 2 aliphatic carbocycles. The van der Waals surface area contributed by atoms with Crippen LogP contribution >= 0.6 is 0 Å². The number of hydrogen-bond acceptors (Lipinski definition) is 3. The van der Waals surface area contributed by atoms with Crippen molar-refractivity contribution in [3.8, 4) is 0 Å². The molecule has 25 heavy (non-hydrogen) atoms. The number of rotatable bonds is 5. The lowest BCUT2D eigenvalue weighted by Gasteiger charge is -2.27. The number of pyridine rings is 2. The van der Waals surface area contributed by atoms with E-state index in [0.717, 1.165) is 30.5 Å². The van der Waals surface area contributed by atoms with Crippen LogP contribution in [0.1, 0.15) is 42.5 Å². The average molecular weight is 337 g/mol. The van der Waals surface area contributed by atoms with Gasteiger partial charge in [0.1, 0.15) is 0 Å². The van der Waals surface area contributed by atoms with Crippen molar-refractivity contribution in [2.45, 2.75) is 51.1 Å². The molecule has 0 aliphatic heterocycles. The van der Waals surface area contributed by atoms with Crippen molar-refractivity contribution in [3.05, 3.63) is 63.8 Å². The van der Waals surface area contributed by atoms with Gasteiger partial charge in [-0.05, 0) is 55.2 Å². The van der Waals surface area contributed by atoms with Gasteiger partial charge in [-0.1, -0.05) is 12.1 Å². The molecule has 130 valence electrons. The first-order valence-electron chi connectivity index (χ1n) is 9.09. The molecule has 2 heterocycles. The summed E-state index contributed by atoms with van der Waals surface area (Å²) < 4.78 is 1.86. The summed E-state index contributed by atoms with van der Waals surface area (Å²) in [5.74, 6) is 0.792. The van der Waals surface area contributed by atoms with Crippen LogP contribution in [0.25, 0.3) is 0 Å². The highest BCUT2D eigenvalue weighted by molar-refractivity contribution is 5.76. The molecule has 5 heteroatoms. The largest absolute Gasteiger partial charge is 0.353 e. The number of amides is 1. The van der Waals surface area contributed by atoms with Gasteiger partial charge in [0.05, 0.1) is 6.54 Å². The number of aromatic nitrogens is 2. The number of carbonyl (C=O) groups excluding carboxylic acids is 1. The highest BCUT2D eigenvalue weighted by atomic mass is 16.1. The van der Waals surface area contributed by atoms with Crippen LogP contribution in [0.3, 0.4) is 0 Å². The normalized spacial score (nSPS) is 19.3. The fraction of sp³-hybridized carbons (Fsp3) is 0.450. The molecular weight excluding hydrogens is 314 g/mol. The first-order valence-corrected chi connectivity index (χ1v) is 9.09. The Morgan fingerprint density at radius 2 is 2.12 bits per heavy atom.